The summed E-state index contributed by atoms with van der Waals surface area (Å²) in [5, 5.41) is 7.50. The first-order valence-corrected chi connectivity index (χ1v) is 4.01. The van der Waals surface area contributed by atoms with Crippen LogP contribution in [0.5, 0.6) is 0 Å². The molecule has 0 spiro atoms. The van der Waals surface area contributed by atoms with Crippen LogP contribution in [0.4, 0.5) is 0 Å². The van der Waals surface area contributed by atoms with Gasteiger partial charge in [-0.1, -0.05) is 0 Å². The lowest BCUT2D eigenvalue weighted by atomic mass is 9.93. The smallest absolute Gasteiger partial charge is 0.0498 e. The van der Waals surface area contributed by atoms with Crippen LogP contribution in [0.3, 0.4) is 0 Å². The summed E-state index contributed by atoms with van der Waals surface area (Å²) in [6, 6.07) is 0. The Morgan fingerprint density at radius 3 is 2.55 bits per heavy atom. The fourth-order valence-electron chi connectivity index (χ4n) is 1.40. The number of nitrogens with two attached hydrogens (primary N) is 2. The van der Waals surface area contributed by atoms with Gasteiger partial charge in [-0.2, -0.15) is 0 Å². The molecule has 0 atom stereocenters. The molecule has 0 aromatic rings. The van der Waals surface area contributed by atoms with Crippen molar-refractivity contribution in [3.63, 3.8) is 0 Å². The number of nitrogens with one attached hydrogen (secondary N) is 1. The minimum atomic E-state index is 0.316. The van der Waals surface area contributed by atoms with Crippen LogP contribution in [0.15, 0.2) is 11.3 Å². The Morgan fingerprint density at radius 2 is 2.00 bits per heavy atom. The molecule has 0 bridgehead atoms. The standard InChI is InChI=1S/C8H15N3/c9-5-8(11)6-3-1-2-4-7(6)10/h11H,1-5,9-10H2. The fourth-order valence-corrected chi connectivity index (χ4v) is 1.40. The maximum Gasteiger partial charge on any atom is 0.0498 e. The van der Waals surface area contributed by atoms with E-state index in [1.807, 2.05) is 0 Å². The quantitative estimate of drug-likeness (QED) is 0.512. The fraction of sp³-hybridized carbons (Fsp3) is 0.625. The first kappa shape index (κ1) is 8.27. The van der Waals surface area contributed by atoms with Gasteiger partial charge in [-0.15, -0.1) is 0 Å². The van der Waals surface area contributed by atoms with E-state index in [1.54, 1.807) is 0 Å². The molecule has 1 aliphatic rings. The molecule has 0 saturated carbocycles. The first-order chi connectivity index (χ1) is 5.25. The van der Waals surface area contributed by atoms with Crippen LogP contribution in [0, 0.1) is 5.41 Å². The Hall–Kier alpha value is -0.830. The van der Waals surface area contributed by atoms with Gasteiger partial charge in [0.15, 0.2) is 0 Å². The largest absolute Gasteiger partial charge is 0.402 e. The molecule has 0 saturated heterocycles. The van der Waals surface area contributed by atoms with Crippen molar-refractivity contribution in [2.45, 2.75) is 25.7 Å². The third kappa shape index (κ3) is 1.80. The van der Waals surface area contributed by atoms with Crippen molar-refractivity contribution in [2.75, 3.05) is 6.54 Å². The van der Waals surface area contributed by atoms with E-state index in [1.165, 1.54) is 0 Å². The second-order valence-electron chi connectivity index (χ2n) is 2.89. The summed E-state index contributed by atoms with van der Waals surface area (Å²) in [7, 11) is 0. The Bertz CT molecular complexity index is 194. The normalized spacial score (nSPS) is 18.6. The summed E-state index contributed by atoms with van der Waals surface area (Å²) in [6.07, 6.45) is 4.20. The predicted octanol–water partition coefficient (Wildman–Crippen LogP) is 0.752. The molecule has 0 aromatic carbocycles. The molecule has 0 aromatic heterocycles. The van der Waals surface area contributed by atoms with E-state index in [4.69, 9.17) is 16.9 Å². The third-order valence-corrected chi connectivity index (χ3v) is 2.08. The van der Waals surface area contributed by atoms with Crippen LogP contribution in [-0.4, -0.2) is 12.3 Å². The van der Waals surface area contributed by atoms with Crippen molar-refractivity contribution in [3.8, 4) is 0 Å². The molecule has 0 unspecified atom stereocenters. The van der Waals surface area contributed by atoms with Gasteiger partial charge in [0.25, 0.3) is 0 Å². The molecule has 0 amide bonds. The first-order valence-electron chi connectivity index (χ1n) is 4.01. The van der Waals surface area contributed by atoms with Crippen molar-refractivity contribution in [3.05, 3.63) is 11.3 Å². The van der Waals surface area contributed by atoms with Crippen LogP contribution in [-0.2, 0) is 0 Å². The molecule has 5 N–H and O–H groups in total. The molecule has 3 nitrogen and oxygen atoms in total. The van der Waals surface area contributed by atoms with Crippen molar-refractivity contribution in [1.82, 2.24) is 0 Å². The van der Waals surface area contributed by atoms with Crippen LogP contribution in [0.1, 0.15) is 25.7 Å². The zero-order valence-electron chi connectivity index (χ0n) is 6.69. The van der Waals surface area contributed by atoms with Gasteiger partial charge in [0.1, 0.15) is 0 Å². The Balaban J connectivity index is 2.74. The zero-order chi connectivity index (χ0) is 8.27. The molecule has 3 heteroatoms. The van der Waals surface area contributed by atoms with E-state index in [2.05, 4.69) is 0 Å². The van der Waals surface area contributed by atoms with Crippen molar-refractivity contribution >= 4 is 5.71 Å². The van der Waals surface area contributed by atoms with E-state index in [0.29, 0.717) is 12.3 Å². The Labute approximate surface area is 67.0 Å². The van der Waals surface area contributed by atoms with E-state index < -0.39 is 0 Å². The Morgan fingerprint density at radius 1 is 1.36 bits per heavy atom. The van der Waals surface area contributed by atoms with Gasteiger partial charge in [0, 0.05) is 18.0 Å². The zero-order valence-corrected chi connectivity index (χ0v) is 6.69. The highest BCUT2D eigenvalue weighted by molar-refractivity contribution is 5.99. The van der Waals surface area contributed by atoms with Gasteiger partial charge in [-0.05, 0) is 31.3 Å². The minimum Gasteiger partial charge on any atom is -0.402 e. The average Bonchev–Trinajstić information content (AvgIpc) is 2.04. The molecule has 0 fully saturated rings. The van der Waals surface area contributed by atoms with Gasteiger partial charge >= 0.3 is 0 Å². The summed E-state index contributed by atoms with van der Waals surface area (Å²) in [4.78, 5) is 0. The lowest BCUT2D eigenvalue weighted by molar-refractivity contribution is 0.681. The number of hydrogen-bond donors (Lipinski definition) is 3. The van der Waals surface area contributed by atoms with E-state index >= 15 is 0 Å². The number of rotatable bonds is 2. The molecule has 62 valence electrons. The summed E-state index contributed by atoms with van der Waals surface area (Å²) in [5.41, 5.74) is 13.5. The minimum absolute atomic E-state index is 0.316. The summed E-state index contributed by atoms with van der Waals surface area (Å²) < 4.78 is 0. The monoisotopic (exact) mass is 153 g/mol. The van der Waals surface area contributed by atoms with Gasteiger partial charge < -0.3 is 16.9 Å². The van der Waals surface area contributed by atoms with Gasteiger partial charge in [-0.3, -0.25) is 0 Å². The summed E-state index contributed by atoms with van der Waals surface area (Å²) in [6.45, 7) is 0.316. The maximum atomic E-state index is 7.50. The molecular weight excluding hydrogens is 138 g/mol. The maximum absolute atomic E-state index is 7.50. The number of allylic oxidation sites excluding steroid dienone is 1. The van der Waals surface area contributed by atoms with Crippen LogP contribution < -0.4 is 11.5 Å². The van der Waals surface area contributed by atoms with Crippen molar-refractivity contribution in [1.29, 1.82) is 5.41 Å². The lowest BCUT2D eigenvalue weighted by Crippen LogP contribution is -2.20. The van der Waals surface area contributed by atoms with E-state index in [-0.39, 0.29) is 0 Å². The number of hydrogen-bond acceptors (Lipinski definition) is 3. The van der Waals surface area contributed by atoms with Crippen LogP contribution >= 0.6 is 0 Å². The molecule has 0 aliphatic heterocycles. The summed E-state index contributed by atoms with van der Waals surface area (Å²) >= 11 is 0. The predicted molar refractivity (Wildman–Crippen MR) is 46.5 cm³/mol. The highest BCUT2D eigenvalue weighted by Gasteiger charge is 2.12. The van der Waals surface area contributed by atoms with Crippen molar-refractivity contribution < 1.29 is 0 Å². The SMILES string of the molecule is N=C(CN)C1=C(N)CCCC1. The topological polar surface area (TPSA) is 75.9 Å². The van der Waals surface area contributed by atoms with E-state index in [9.17, 15) is 0 Å². The molecule has 11 heavy (non-hydrogen) atoms. The summed E-state index contributed by atoms with van der Waals surface area (Å²) in [5.74, 6) is 0. The average molecular weight is 153 g/mol. The lowest BCUT2D eigenvalue weighted by Gasteiger charge is -2.16. The Kier molecular flexibility index (Phi) is 2.65. The highest BCUT2D eigenvalue weighted by atomic mass is 14.6. The second kappa shape index (κ2) is 3.53. The molecule has 1 aliphatic carbocycles. The molecule has 0 radical (unpaired) electrons. The van der Waals surface area contributed by atoms with E-state index in [0.717, 1.165) is 37.0 Å². The van der Waals surface area contributed by atoms with Gasteiger partial charge in [-0.25, -0.2) is 0 Å². The van der Waals surface area contributed by atoms with Gasteiger partial charge in [0.05, 0.1) is 0 Å². The van der Waals surface area contributed by atoms with Gasteiger partial charge in [0.2, 0.25) is 0 Å². The van der Waals surface area contributed by atoms with Crippen LogP contribution in [0.2, 0.25) is 0 Å². The second-order valence-corrected chi connectivity index (χ2v) is 2.89. The van der Waals surface area contributed by atoms with Crippen molar-refractivity contribution in [2.24, 2.45) is 11.5 Å². The third-order valence-electron chi connectivity index (χ3n) is 2.08. The highest BCUT2D eigenvalue weighted by Crippen LogP contribution is 2.21. The van der Waals surface area contributed by atoms with Crippen LogP contribution in [0.25, 0.3) is 0 Å². The molecular formula is C8H15N3. The molecule has 1 rings (SSSR count). The molecule has 0 heterocycles.